The predicted octanol–water partition coefficient (Wildman–Crippen LogP) is 3.52. The summed E-state index contributed by atoms with van der Waals surface area (Å²) in [7, 11) is 0. The van der Waals surface area contributed by atoms with Crippen LogP contribution in [0.4, 0.5) is 0 Å². The van der Waals surface area contributed by atoms with Crippen molar-refractivity contribution >= 4 is 18.3 Å². The van der Waals surface area contributed by atoms with E-state index in [1.807, 2.05) is 30.0 Å². The fourth-order valence-electron chi connectivity index (χ4n) is 4.02. The highest BCUT2D eigenvalue weighted by molar-refractivity contribution is 5.85. The Morgan fingerprint density at radius 2 is 1.88 bits per heavy atom. The zero-order chi connectivity index (χ0) is 17.0. The summed E-state index contributed by atoms with van der Waals surface area (Å²) in [6.45, 7) is 4.29. The van der Waals surface area contributed by atoms with Crippen molar-refractivity contribution in [3.63, 3.8) is 0 Å². The van der Waals surface area contributed by atoms with E-state index in [0.717, 1.165) is 51.6 Å². The Kier molecular flexibility index (Phi) is 7.29. The molecule has 1 aliphatic carbocycles. The Morgan fingerprint density at radius 1 is 1.20 bits per heavy atom. The third kappa shape index (κ3) is 5.19. The molecule has 1 aromatic carbocycles. The monoisotopic (exact) mass is 366 g/mol. The summed E-state index contributed by atoms with van der Waals surface area (Å²) < 4.78 is 6.02. The number of rotatable bonds is 4. The SMILES string of the molecule is CC1(N)CCCCC1C(=O)N1CCC(OCc2ccccc2)CC1.Cl. The Hall–Kier alpha value is -1.10. The van der Waals surface area contributed by atoms with Gasteiger partial charge < -0.3 is 15.4 Å². The fraction of sp³-hybridized carbons (Fsp3) is 0.650. The Labute approximate surface area is 157 Å². The molecule has 0 bridgehead atoms. The lowest BCUT2D eigenvalue weighted by Gasteiger charge is -2.41. The summed E-state index contributed by atoms with van der Waals surface area (Å²) >= 11 is 0. The van der Waals surface area contributed by atoms with Gasteiger partial charge in [-0.3, -0.25) is 4.79 Å². The van der Waals surface area contributed by atoms with E-state index in [4.69, 9.17) is 10.5 Å². The molecule has 1 heterocycles. The third-order valence-electron chi connectivity index (χ3n) is 5.63. The van der Waals surface area contributed by atoms with Gasteiger partial charge in [0.15, 0.2) is 0 Å². The first-order valence-electron chi connectivity index (χ1n) is 9.29. The number of piperidine rings is 1. The van der Waals surface area contributed by atoms with E-state index in [2.05, 4.69) is 12.1 Å². The summed E-state index contributed by atoms with van der Waals surface area (Å²) in [6, 6.07) is 10.3. The smallest absolute Gasteiger partial charge is 0.227 e. The third-order valence-corrected chi connectivity index (χ3v) is 5.63. The van der Waals surface area contributed by atoms with E-state index >= 15 is 0 Å². The van der Waals surface area contributed by atoms with Crippen molar-refractivity contribution in [2.24, 2.45) is 11.7 Å². The molecule has 0 aromatic heterocycles. The number of carbonyl (C=O) groups is 1. The molecule has 1 amide bonds. The van der Waals surface area contributed by atoms with Crippen LogP contribution in [0.1, 0.15) is 51.0 Å². The summed E-state index contributed by atoms with van der Waals surface area (Å²) in [6.07, 6.45) is 6.27. The fourth-order valence-corrected chi connectivity index (χ4v) is 4.02. The Bertz CT molecular complexity index is 542. The number of carbonyl (C=O) groups excluding carboxylic acids is 1. The minimum Gasteiger partial charge on any atom is -0.373 e. The van der Waals surface area contributed by atoms with Crippen LogP contribution in [0.3, 0.4) is 0 Å². The lowest BCUT2D eigenvalue weighted by molar-refractivity contribution is -0.141. The van der Waals surface area contributed by atoms with Crippen LogP contribution in [-0.4, -0.2) is 35.5 Å². The molecule has 2 N–H and O–H groups in total. The number of nitrogens with zero attached hydrogens (tertiary/aromatic N) is 1. The van der Waals surface area contributed by atoms with Crippen LogP contribution in [0.2, 0.25) is 0 Å². The van der Waals surface area contributed by atoms with Gasteiger partial charge in [-0.2, -0.15) is 0 Å². The first-order chi connectivity index (χ1) is 11.6. The molecular weight excluding hydrogens is 336 g/mol. The first kappa shape index (κ1) is 20.2. The largest absolute Gasteiger partial charge is 0.373 e. The predicted molar refractivity (Wildman–Crippen MR) is 103 cm³/mol. The van der Waals surface area contributed by atoms with Gasteiger partial charge >= 0.3 is 0 Å². The van der Waals surface area contributed by atoms with Crippen LogP contribution in [-0.2, 0) is 16.1 Å². The van der Waals surface area contributed by atoms with Crippen LogP contribution >= 0.6 is 12.4 Å². The van der Waals surface area contributed by atoms with Crippen LogP contribution in [0, 0.1) is 5.92 Å². The number of benzene rings is 1. The van der Waals surface area contributed by atoms with E-state index in [9.17, 15) is 4.79 Å². The van der Waals surface area contributed by atoms with Gasteiger partial charge in [-0.1, -0.05) is 43.2 Å². The average molecular weight is 367 g/mol. The highest BCUT2D eigenvalue weighted by atomic mass is 35.5. The molecule has 1 aliphatic heterocycles. The average Bonchev–Trinajstić information content (AvgIpc) is 2.60. The molecule has 25 heavy (non-hydrogen) atoms. The van der Waals surface area contributed by atoms with Crippen molar-refractivity contribution in [1.82, 2.24) is 4.90 Å². The number of likely N-dealkylation sites (tertiary alicyclic amines) is 1. The molecule has 1 saturated carbocycles. The molecule has 2 fully saturated rings. The maximum Gasteiger partial charge on any atom is 0.227 e. The molecule has 0 spiro atoms. The minimum atomic E-state index is -0.337. The van der Waals surface area contributed by atoms with Crippen LogP contribution in [0.15, 0.2) is 30.3 Å². The van der Waals surface area contributed by atoms with E-state index in [1.54, 1.807) is 0 Å². The summed E-state index contributed by atoms with van der Waals surface area (Å²) in [5, 5.41) is 0. The number of nitrogens with two attached hydrogens (primary N) is 1. The number of ether oxygens (including phenoxy) is 1. The topological polar surface area (TPSA) is 55.6 Å². The van der Waals surface area contributed by atoms with Gasteiger partial charge in [-0.25, -0.2) is 0 Å². The van der Waals surface area contributed by atoms with Gasteiger partial charge in [-0.15, -0.1) is 12.4 Å². The normalized spacial score (nSPS) is 27.6. The second kappa shape index (κ2) is 9.02. The second-order valence-electron chi connectivity index (χ2n) is 7.63. The first-order valence-corrected chi connectivity index (χ1v) is 9.29. The quantitative estimate of drug-likeness (QED) is 0.886. The molecule has 2 atom stereocenters. The summed E-state index contributed by atoms with van der Waals surface area (Å²) in [4.78, 5) is 14.9. The van der Waals surface area contributed by atoms with E-state index in [1.165, 1.54) is 5.56 Å². The number of halogens is 1. The van der Waals surface area contributed by atoms with Crippen molar-refractivity contribution in [3.8, 4) is 0 Å². The molecule has 2 aliphatic rings. The molecule has 1 aromatic rings. The lowest BCUT2D eigenvalue weighted by atomic mass is 9.74. The Morgan fingerprint density at radius 3 is 2.52 bits per heavy atom. The summed E-state index contributed by atoms with van der Waals surface area (Å²) in [5.74, 6) is 0.259. The van der Waals surface area contributed by atoms with E-state index in [0.29, 0.717) is 6.61 Å². The zero-order valence-electron chi connectivity index (χ0n) is 15.2. The lowest BCUT2D eigenvalue weighted by Crippen LogP contribution is -2.55. The van der Waals surface area contributed by atoms with Gasteiger partial charge in [0.05, 0.1) is 18.6 Å². The highest BCUT2D eigenvalue weighted by Gasteiger charge is 2.40. The van der Waals surface area contributed by atoms with Gasteiger partial charge in [0.2, 0.25) is 5.91 Å². The van der Waals surface area contributed by atoms with Crippen molar-refractivity contribution in [3.05, 3.63) is 35.9 Å². The molecule has 0 radical (unpaired) electrons. The molecule has 2 unspecified atom stereocenters. The number of amides is 1. The second-order valence-corrected chi connectivity index (χ2v) is 7.63. The van der Waals surface area contributed by atoms with Crippen molar-refractivity contribution in [2.45, 2.75) is 63.7 Å². The molecule has 1 saturated heterocycles. The van der Waals surface area contributed by atoms with Crippen molar-refractivity contribution < 1.29 is 9.53 Å². The van der Waals surface area contributed by atoms with Crippen molar-refractivity contribution in [2.75, 3.05) is 13.1 Å². The molecule has 4 nitrogen and oxygen atoms in total. The van der Waals surface area contributed by atoms with Crippen LogP contribution in [0.25, 0.3) is 0 Å². The van der Waals surface area contributed by atoms with E-state index in [-0.39, 0.29) is 35.9 Å². The van der Waals surface area contributed by atoms with Gasteiger partial charge in [0.25, 0.3) is 0 Å². The van der Waals surface area contributed by atoms with Crippen LogP contribution in [0.5, 0.6) is 0 Å². The zero-order valence-corrected chi connectivity index (χ0v) is 16.0. The standard InChI is InChI=1S/C20H30N2O2.ClH/c1-20(21)12-6-5-9-18(20)19(23)22-13-10-17(11-14-22)24-15-16-7-3-2-4-8-16;/h2-4,7-8,17-18H,5-6,9-15,21H2,1H3;1H. The van der Waals surface area contributed by atoms with Crippen LogP contribution < -0.4 is 5.73 Å². The minimum absolute atomic E-state index is 0. The van der Waals surface area contributed by atoms with Gasteiger partial charge in [0.1, 0.15) is 0 Å². The number of hydrogen-bond donors (Lipinski definition) is 1. The van der Waals surface area contributed by atoms with E-state index < -0.39 is 0 Å². The molecule has 5 heteroatoms. The maximum absolute atomic E-state index is 12.9. The molecular formula is C20H31ClN2O2. The Balaban J connectivity index is 0.00000225. The summed E-state index contributed by atoms with van der Waals surface area (Å²) in [5.41, 5.74) is 7.27. The van der Waals surface area contributed by atoms with Gasteiger partial charge in [-0.05, 0) is 38.2 Å². The van der Waals surface area contributed by atoms with Crippen molar-refractivity contribution in [1.29, 1.82) is 0 Å². The number of hydrogen-bond acceptors (Lipinski definition) is 3. The highest BCUT2D eigenvalue weighted by Crippen LogP contribution is 2.33. The van der Waals surface area contributed by atoms with Gasteiger partial charge in [0, 0.05) is 18.6 Å². The molecule has 140 valence electrons. The maximum atomic E-state index is 12.9. The molecule has 3 rings (SSSR count).